The van der Waals surface area contributed by atoms with E-state index in [4.69, 9.17) is 11.3 Å². The molecule has 0 aromatic rings. The molecule has 0 aromatic heterocycles. The van der Waals surface area contributed by atoms with Crippen molar-refractivity contribution < 1.29 is 24.3 Å². The minimum Gasteiger partial charge on any atom is -0.478 e. The number of nitrogens with two attached hydrogens (primary N) is 1. The normalized spacial score (nSPS) is 14.5. The summed E-state index contributed by atoms with van der Waals surface area (Å²) in [6.45, 7) is 5.73. The second kappa shape index (κ2) is 9.83. The number of ketones is 1. The lowest BCUT2D eigenvalue weighted by molar-refractivity contribution is -0.150. The van der Waals surface area contributed by atoms with Gasteiger partial charge in [0.05, 0.1) is 6.04 Å². The predicted molar refractivity (Wildman–Crippen MR) is 83.5 cm³/mol. The van der Waals surface area contributed by atoms with E-state index in [1.54, 1.807) is 6.92 Å². The first kappa shape index (κ1) is 20.9. The third-order valence-corrected chi connectivity index (χ3v) is 3.19. The van der Waals surface area contributed by atoms with Crippen molar-refractivity contribution in [2.45, 2.75) is 51.7 Å². The van der Waals surface area contributed by atoms with Gasteiger partial charge in [0.15, 0.2) is 5.66 Å². The first-order valence-electron chi connectivity index (χ1n) is 7.44. The molecular formula is C14H25N5O4. The molecule has 0 aromatic carbocycles. The topological polar surface area (TPSA) is 158 Å². The van der Waals surface area contributed by atoms with Gasteiger partial charge in [0.2, 0.25) is 11.7 Å². The van der Waals surface area contributed by atoms with E-state index >= 15 is 0 Å². The van der Waals surface area contributed by atoms with E-state index in [9.17, 15) is 19.5 Å². The minimum absolute atomic E-state index is 0.177. The highest BCUT2D eigenvalue weighted by atomic mass is 16.4. The van der Waals surface area contributed by atoms with Crippen LogP contribution in [0.2, 0.25) is 0 Å². The van der Waals surface area contributed by atoms with E-state index < -0.39 is 29.4 Å². The number of rotatable bonds is 11. The van der Waals surface area contributed by atoms with Crippen molar-refractivity contribution in [3.05, 3.63) is 5.53 Å². The highest BCUT2D eigenvalue weighted by Crippen LogP contribution is 2.12. The Kier molecular flexibility index (Phi) is 8.94. The number of aliphatic carboxylic acids is 1. The number of hydrogen-bond acceptors (Lipinski definition) is 5. The van der Waals surface area contributed by atoms with E-state index in [-0.39, 0.29) is 25.3 Å². The van der Waals surface area contributed by atoms with Gasteiger partial charge in [-0.1, -0.05) is 20.8 Å². The summed E-state index contributed by atoms with van der Waals surface area (Å²) in [5.41, 5.74) is 12.3. The first-order valence-corrected chi connectivity index (χ1v) is 7.44. The van der Waals surface area contributed by atoms with Gasteiger partial charge in [0.25, 0.3) is 0 Å². The Hall–Kier alpha value is -2.09. The molecule has 0 rings (SSSR count). The molecule has 0 radical (unpaired) electrons. The SMILES string of the molecule is CCNC(CCC(=O)C=[N+]=[N-])(NC(=O)C(N)CC(C)C)C(=O)O. The van der Waals surface area contributed by atoms with E-state index in [0.29, 0.717) is 12.6 Å². The van der Waals surface area contributed by atoms with Crippen LogP contribution in [0.25, 0.3) is 5.53 Å². The standard InChI is InChI=1S/C14H25N5O4/c1-4-17-14(13(22)23,6-5-10(20)8-18-16)19-12(21)11(15)7-9(2)3/h8-9,11,17H,4-7,15H2,1-3H3,(H,19,21)(H,22,23). The zero-order valence-corrected chi connectivity index (χ0v) is 13.7. The average Bonchev–Trinajstić information content (AvgIpc) is 2.44. The molecule has 23 heavy (non-hydrogen) atoms. The summed E-state index contributed by atoms with van der Waals surface area (Å²) < 4.78 is 0. The highest BCUT2D eigenvalue weighted by Gasteiger charge is 2.40. The summed E-state index contributed by atoms with van der Waals surface area (Å²) in [5, 5.41) is 14.6. The molecule has 9 heteroatoms. The maximum absolute atomic E-state index is 12.2. The van der Waals surface area contributed by atoms with Crippen LogP contribution >= 0.6 is 0 Å². The number of likely N-dealkylation sites (N-methyl/N-ethyl adjacent to an activating group) is 1. The Morgan fingerprint density at radius 1 is 1.39 bits per heavy atom. The van der Waals surface area contributed by atoms with E-state index in [1.165, 1.54) is 0 Å². The third kappa shape index (κ3) is 7.14. The van der Waals surface area contributed by atoms with Gasteiger partial charge in [-0.2, -0.15) is 4.79 Å². The molecule has 5 N–H and O–H groups in total. The first-order chi connectivity index (χ1) is 10.7. The third-order valence-electron chi connectivity index (χ3n) is 3.19. The molecule has 1 amide bonds. The summed E-state index contributed by atoms with van der Waals surface area (Å²) in [6.07, 6.45) is 0.666. The number of amides is 1. The Bertz CT molecular complexity index is 488. The van der Waals surface area contributed by atoms with Crippen molar-refractivity contribution in [2.75, 3.05) is 6.54 Å². The fourth-order valence-corrected chi connectivity index (χ4v) is 2.09. The molecule has 0 spiro atoms. The molecule has 9 nitrogen and oxygen atoms in total. The smallest absolute Gasteiger partial charge is 0.344 e. The molecule has 0 heterocycles. The molecule has 2 unspecified atom stereocenters. The lowest BCUT2D eigenvalue weighted by Crippen LogP contribution is -2.66. The van der Waals surface area contributed by atoms with Gasteiger partial charge < -0.3 is 21.7 Å². The van der Waals surface area contributed by atoms with Crippen LogP contribution in [0.5, 0.6) is 0 Å². The van der Waals surface area contributed by atoms with Gasteiger partial charge >= 0.3 is 12.2 Å². The van der Waals surface area contributed by atoms with Crippen LogP contribution in [0.4, 0.5) is 0 Å². The molecule has 0 bridgehead atoms. The van der Waals surface area contributed by atoms with Crippen LogP contribution in [-0.2, 0) is 14.4 Å². The van der Waals surface area contributed by atoms with Gasteiger partial charge in [-0.3, -0.25) is 14.9 Å². The van der Waals surface area contributed by atoms with Crippen molar-refractivity contribution in [3.8, 4) is 0 Å². The molecule has 0 saturated heterocycles. The second-order valence-corrected chi connectivity index (χ2v) is 5.68. The molecular weight excluding hydrogens is 302 g/mol. The van der Waals surface area contributed by atoms with Gasteiger partial charge in [-0.25, -0.2) is 4.79 Å². The molecule has 0 aliphatic heterocycles. The van der Waals surface area contributed by atoms with Crippen LogP contribution in [0.1, 0.15) is 40.0 Å². The average molecular weight is 327 g/mol. The van der Waals surface area contributed by atoms with Gasteiger partial charge in [0.1, 0.15) is 0 Å². The predicted octanol–water partition coefficient (Wildman–Crippen LogP) is -0.484. The van der Waals surface area contributed by atoms with Crippen molar-refractivity contribution in [1.29, 1.82) is 0 Å². The van der Waals surface area contributed by atoms with Crippen LogP contribution in [-0.4, -0.2) is 52.0 Å². The largest absolute Gasteiger partial charge is 0.478 e. The van der Waals surface area contributed by atoms with Crippen molar-refractivity contribution >= 4 is 23.9 Å². The number of carboxylic acids is 1. The number of carbonyl (C=O) groups excluding carboxylic acids is 2. The molecule has 2 atom stereocenters. The maximum Gasteiger partial charge on any atom is 0.344 e. The highest BCUT2D eigenvalue weighted by molar-refractivity contribution is 6.25. The molecule has 0 aliphatic rings. The molecule has 0 aliphatic carbocycles. The Labute approximate surface area is 135 Å². The monoisotopic (exact) mass is 327 g/mol. The van der Waals surface area contributed by atoms with Crippen LogP contribution in [0.15, 0.2) is 0 Å². The molecule has 0 saturated carbocycles. The summed E-state index contributed by atoms with van der Waals surface area (Å²) in [5.74, 6) is -2.31. The van der Waals surface area contributed by atoms with E-state index in [1.807, 2.05) is 13.8 Å². The van der Waals surface area contributed by atoms with Gasteiger partial charge in [-0.15, -0.1) is 0 Å². The Morgan fingerprint density at radius 3 is 2.43 bits per heavy atom. The molecule has 0 fully saturated rings. The van der Waals surface area contributed by atoms with Crippen LogP contribution < -0.4 is 16.4 Å². The maximum atomic E-state index is 12.2. The van der Waals surface area contributed by atoms with Gasteiger partial charge in [0, 0.05) is 12.8 Å². The van der Waals surface area contributed by atoms with E-state index in [0.717, 1.165) is 0 Å². The summed E-state index contributed by atoms with van der Waals surface area (Å²) in [7, 11) is 0. The quantitative estimate of drug-likeness (QED) is 0.173. The number of carbonyl (C=O) groups is 3. The van der Waals surface area contributed by atoms with Crippen molar-refractivity contribution in [2.24, 2.45) is 11.7 Å². The summed E-state index contributed by atoms with van der Waals surface area (Å²) >= 11 is 0. The lowest BCUT2D eigenvalue weighted by atomic mass is 9.99. The fourth-order valence-electron chi connectivity index (χ4n) is 2.09. The van der Waals surface area contributed by atoms with Crippen LogP contribution in [0, 0.1) is 5.92 Å². The Balaban J connectivity index is 5.18. The number of hydrogen-bond donors (Lipinski definition) is 4. The molecule has 130 valence electrons. The van der Waals surface area contributed by atoms with Crippen molar-refractivity contribution in [1.82, 2.24) is 10.6 Å². The fraction of sp³-hybridized carbons (Fsp3) is 0.714. The number of nitrogens with zero attached hydrogens (tertiary/aromatic N) is 2. The number of Topliss-reactive ketones (excluding diaryl/α,β-unsaturated/α-hetero) is 1. The van der Waals surface area contributed by atoms with E-state index in [2.05, 4.69) is 15.4 Å². The Morgan fingerprint density at radius 2 is 2.00 bits per heavy atom. The zero-order chi connectivity index (χ0) is 18.0. The number of carboxylic acid groups (broad SMARTS) is 1. The summed E-state index contributed by atoms with van der Waals surface area (Å²) in [4.78, 5) is 37.8. The number of nitrogens with one attached hydrogen (secondary N) is 2. The zero-order valence-electron chi connectivity index (χ0n) is 13.7. The summed E-state index contributed by atoms with van der Waals surface area (Å²) in [6, 6.07) is -0.845. The van der Waals surface area contributed by atoms with Gasteiger partial charge in [-0.05, 0) is 18.9 Å². The lowest BCUT2D eigenvalue weighted by Gasteiger charge is -2.32. The minimum atomic E-state index is -1.81. The van der Waals surface area contributed by atoms with Crippen molar-refractivity contribution in [3.63, 3.8) is 0 Å². The second-order valence-electron chi connectivity index (χ2n) is 5.68. The van der Waals surface area contributed by atoms with Crippen LogP contribution in [0.3, 0.4) is 0 Å².